The molecule has 1 unspecified atom stereocenters. The molecule has 0 aliphatic heterocycles. The zero-order chi connectivity index (χ0) is 21.6. The van der Waals surface area contributed by atoms with Crippen molar-refractivity contribution in [1.82, 2.24) is 0 Å². The molecule has 0 aliphatic carbocycles. The highest BCUT2D eigenvalue weighted by molar-refractivity contribution is 7.87. The van der Waals surface area contributed by atoms with Gasteiger partial charge < -0.3 is 10.2 Å². The van der Waals surface area contributed by atoms with Gasteiger partial charge in [-0.25, -0.2) is 0 Å². The van der Waals surface area contributed by atoms with Crippen molar-refractivity contribution in [2.75, 3.05) is 0 Å². The van der Waals surface area contributed by atoms with Crippen LogP contribution in [0.25, 0.3) is 0 Å². The van der Waals surface area contributed by atoms with Crippen molar-refractivity contribution in [2.24, 2.45) is 0 Å². The second-order valence-electron chi connectivity index (χ2n) is 6.08. The van der Waals surface area contributed by atoms with Crippen LogP contribution in [0.5, 0.6) is 11.5 Å². The SMILES string of the molecule is O=S(=O)(O)C(c1ccccc1Cl)(c1cc(Cl)ccc1Cl)c1c(O)cc(Cl)cc1O. The summed E-state index contributed by atoms with van der Waals surface area (Å²) in [5.41, 5.74) is -0.974. The van der Waals surface area contributed by atoms with E-state index in [2.05, 4.69) is 0 Å². The van der Waals surface area contributed by atoms with E-state index in [1.165, 1.54) is 36.4 Å². The van der Waals surface area contributed by atoms with Gasteiger partial charge in [0.15, 0.2) is 4.75 Å². The van der Waals surface area contributed by atoms with Gasteiger partial charge in [0.25, 0.3) is 10.1 Å². The Morgan fingerprint density at radius 1 is 0.724 bits per heavy atom. The highest BCUT2D eigenvalue weighted by atomic mass is 35.5. The topological polar surface area (TPSA) is 94.8 Å². The van der Waals surface area contributed by atoms with E-state index in [-0.39, 0.29) is 31.2 Å². The molecule has 10 heteroatoms. The van der Waals surface area contributed by atoms with Gasteiger partial charge in [0, 0.05) is 31.2 Å². The number of phenols is 2. The standard InChI is InChI=1S/C19H12Cl4O5S/c20-10-5-6-15(23)13(7-10)19(29(26,27)28,12-3-1-2-4-14(12)22)18-16(24)8-11(21)9-17(18)25/h1-9,24-25H,(H,26,27,28). The number of hydrogen-bond acceptors (Lipinski definition) is 4. The van der Waals surface area contributed by atoms with E-state index in [1.807, 2.05) is 0 Å². The predicted molar refractivity (Wildman–Crippen MR) is 114 cm³/mol. The lowest BCUT2D eigenvalue weighted by Gasteiger charge is -2.34. The summed E-state index contributed by atoms with van der Waals surface area (Å²) in [6, 6.07) is 11.7. The van der Waals surface area contributed by atoms with E-state index >= 15 is 0 Å². The number of halogens is 4. The summed E-state index contributed by atoms with van der Waals surface area (Å²) in [5.74, 6) is -1.41. The third-order valence-electron chi connectivity index (χ3n) is 4.36. The summed E-state index contributed by atoms with van der Waals surface area (Å²) >= 11 is 24.5. The molecule has 152 valence electrons. The summed E-state index contributed by atoms with van der Waals surface area (Å²) in [7, 11) is -5.20. The maximum atomic E-state index is 13.0. The van der Waals surface area contributed by atoms with Crippen LogP contribution >= 0.6 is 46.4 Å². The van der Waals surface area contributed by atoms with E-state index in [4.69, 9.17) is 46.4 Å². The van der Waals surface area contributed by atoms with Crippen LogP contribution in [0.4, 0.5) is 0 Å². The number of aromatic hydroxyl groups is 2. The zero-order valence-electron chi connectivity index (χ0n) is 14.3. The highest BCUT2D eigenvalue weighted by Gasteiger charge is 2.54. The van der Waals surface area contributed by atoms with Gasteiger partial charge in [0.2, 0.25) is 0 Å². The van der Waals surface area contributed by atoms with Crippen LogP contribution in [0, 0.1) is 0 Å². The Hall–Kier alpha value is -1.67. The van der Waals surface area contributed by atoms with E-state index < -0.39 is 31.9 Å². The summed E-state index contributed by atoms with van der Waals surface area (Å²) in [4.78, 5) is 0. The summed E-state index contributed by atoms with van der Waals surface area (Å²) in [6.07, 6.45) is 0. The predicted octanol–water partition coefficient (Wildman–Crippen LogP) is 5.89. The number of rotatable bonds is 4. The molecule has 0 radical (unpaired) electrons. The van der Waals surface area contributed by atoms with E-state index in [0.717, 1.165) is 12.1 Å². The largest absolute Gasteiger partial charge is 0.507 e. The van der Waals surface area contributed by atoms with Crippen molar-refractivity contribution >= 4 is 56.5 Å². The molecule has 0 bridgehead atoms. The Balaban J connectivity index is 2.68. The summed E-state index contributed by atoms with van der Waals surface area (Å²) < 4.78 is 33.9. The molecular weight excluding hydrogens is 482 g/mol. The first-order valence-electron chi connectivity index (χ1n) is 7.89. The second-order valence-corrected chi connectivity index (χ2v) is 9.33. The first kappa shape index (κ1) is 22.0. The van der Waals surface area contributed by atoms with Gasteiger partial charge in [0.05, 0.1) is 5.56 Å². The van der Waals surface area contributed by atoms with Crippen molar-refractivity contribution in [2.45, 2.75) is 4.75 Å². The molecule has 3 aromatic rings. The van der Waals surface area contributed by atoms with Crippen LogP contribution in [-0.2, 0) is 14.9 Å². The number of benzene rings is 3. The molecule has 0 saturated heterocycles. The van der Waals surface area contributed by atoms with Gasteiger partial charge in [-0.15, -0.1) is 0 Å². The van der Waals surface area contributed by atoms with Crippen LogP contribution in [0.3, 0.4) is 0 Å². The number of phenolic OH excluding ortho intramolecular Hbond substituents is 2. The summed E-state index contributed by atoms with van der Waals surface area (Å²) in [6.45, 7) is 0. The third kappa shape index (κ3) is 3.65. The second kappa shape index (κ2) is 7.87. The lowest BCUT2D eigenvalue weighted by molar-refractivity contribution is 0.416. The van der Waals surface area contributed by atoms with Gasteiger partial charge in [-0.05, 0) is 36.4 Å². The van der Waals surface area contributed by atoms with Gasteiger partial charge in [-0.2, -0.15) is 8.42 Å². The summed E-state index contributed by atoms with van der Waals surface area (Å²) in [5, 5.41) is 21.1. The van der Waals surface area contributed by atoms with Crippen molar-refractivity contribution in [3.63, 3.8) is 0 Å². The molecule has 5 nitrogen and oxygen atoms in total. The Morgan fingerprint density at radius 3 is 1.83 bits per heavy atom. The van der Waals surface area contributed by atoms with E-state index in [0.29, 0.717) is 0 Å². The molecule has 0 saturated carbocycles. The van der Waals surface area contributed by atoms with Crippen LogP contribution in [-0.4, -0.2) is 23.2 Å². The highest BCUT2D eigenvalue weighted by Crippen LogP contribution is 2.54. The number of hydrogen-bond donors (Lipinski definition) is 3. The molecular formula is C19H12Cl4O5S. The molecule has 3 rings (SSSR count). The lowest BCUT2D eigenvalue weighted by atomic mass is 9.82. The van der Waals surface area contributed by atoms with E-state index in [1.54, 1.807) is 6.07 Å². The molecule has 3 aromatic carbocycles. The van der Waals surface area contributed by atoms with Gasteiger partial charge in [-0.3, -0.25) is 4.55 Å². The smallest absolute Gasteiger partial charge is 0.283 e. The van der Waals surface area contributed by atoms with Crippen LogP contribution in [0.2, 0.25) is 20.1 Å². The molecule has 1 atom stereocenters. The maximum Gasteiger partial charge on any atom is 0.283 e. The van der Waals surface area contributed by atoms with Gasteiger partial charge in [-0.1, -0.05) is 64.6 Å². The van der Waals surface area contributed by atoms with Crippen molar-refractivity contribution in [3.05, 3.63) is 91.4 Å². The quantitative estimate of drug-likeness (QED) is 0.311. The van der Waals surface area contributed by atoms with Gasteiger partial charge in [0.1, 0.15) is 11.5 Å². The monoisotopic (exact) mass is 492 g/mol. The normalized spacial score (nSPS) is 13.8. The maximum absolute atomic E-state index is 13.0. The molecule has 0 spiro atoms. The molecule has 0 amide bonds. The first-order valence-corrected chi connectivity index (χ1v) is 10.8. The Kier molecular flexibility index (Phi) is 5.98. The molecule has 0 aliphatic rings. The molecule has 0 heterocycles. The van der Waals surface area contributed by atoms with Gasteiger partial charge >= 0.3 is 0 Å². The fourth-order valence-corrected chi connectivity index (χ4v) is 5.67. The average molecular weight is 494 g/mol. The van der Waals surface area contributed by atoms with Crippen molar-refractivity contribution < 1.29 is 23.2 Å². The van der Waals surface area contributed by atoms with Crippen molar-refractivity contribution in [3.8, 4) is 11.5 Å². The zero-order valence-corrected chi connectivity index (χ0v) is 18.1. The Bertz CT molecular complexity index is 1190. The molecule has 0 aromatic heterocycles. The average Bonchev–Trinajstić information content (AvgIpc) is 2.60. The lowest BCUT2D eigenvalue weighted by Crippen LogP contribution is -2.39. The molecule has 29 heavy (non-hydrogen) atoms. The Labute approximate surface area is 186 Å². The fourth-order valence-electron chi connectivity index (χ4n) is 3.27. The Morgan fingerprint density at radius 2 is 1.28 bits per heavy atom. The minimum absolute atomic E-state index is 0.0654. The molecule has 3 N–H and O–H groups in total. The fraction of sp³-hybridized carbons (Fsp3) is 0.0526. The van der Waals surface area contributed by atoms with Crippen LogP contribution in [0.15, 0.2) is 54.6 Å². The minimum Gasteiger partial charge on any atom is -0.507 e. The first-order chi connectivity index (χ1) is 13.5. The third-order valence-corrected chi connectivity index (χ3v) is 6.89. The van der Waals surface area contributed by atoms with E-state index in [9.17, 15) is 23.2 Å². The van der Waals surface area contributed by atoms with Crippen molar-refractivity contribution in [1.29, 1.82) is 0 Å². The minimum atomic E-state index is -5.20. The molecule has 0 fully saturated rings. The van der Waals surface area contributed by atoms with Crippen LogP contribution < -0.4 is 0 Å². The van der Waals surface area contributed by atoms with Crippen LogP contribution in [0.1, 0.15) is 16.7 Å².